The number of aryl methyl sites for hydroxylation is 1. The van der Waals surface area contributed by atoms with Crippen molar-refractivity contribution in [1.29, 1.82) is 0 Å². The monoisotopic (exact) mass is 554 g/mol. The number of nitrogens with one attached hydrogen (secondary N) is 1. The molecule has 4 aromatic carbocycles. The van der Waals surface area contributed by atoms with Crippen LogP contribution in [0.2, 0.25) is 0 Å². The Bertz CT molecular complexity index is 1840. The quantitative estimate of drug-likeness (QED) is 0.326. The maximum Gasteiger partial charge on any atom is 0.238 e. The Kier molecular flexibility index (Phi) is 5.22. The van der Waals surface area contributed by atoms with Crippen molar-refractivity contribution < 1.29 is 23.9 Å². The van der Waals surface area contributed by atoms with Gasteiger partial charge in [-0.25, -0.2) is 0 Å². The van der Waals surface area contributed by atoms with E-state index in [1.54, 1.807) is 30.3 Å². The minimum absolute atomic E-state index is 0.0821. The molecule has 0 unspecified atom stereocenters. The third-order valence-electron chi connectivity index (χ3n) is 9.11. The fourth-order valence-corrected chi connectivity index (χ4v) is 7.29. The van der Waals surface area contributed by atoms with E-state index in [0.29, 0.717) is 28.3 Å². The van der Waals surface area contributed by atoms with Crippen molar-refractivity contribution in [3.63, 3.8) is 0 Å². The highest BCUT2D eigenvalue weighted by Crippen LogP contribution is 2.62. The maximum atomic E-state index is 14.8. The number of para-hydroxylation sites is 1. The summed E-state index contributed by atoms with van der Waals surface area (Å²) in [4.78, 5) is 46.0. The van der Waals surface area contributed by atoms with Gasteiger partial charge < -0.3 is 19.7 Å². The van der Waals surface area contributed by atoms with Crippen molar-refractivity contribution in [2.24, 2.45) is 5.92 Å². The SMILES string of the molecule is Cc1ccc(C(=O)[C@@H]2[C@@H](C(=O)c3ccc4c(c3)OCO4)N3C=Cc4ccccc4[C@@H]3[C@]23C(=O)Nc2ccccc23)cc1. The van der Waals surface area contributed by atoms with Gasteiger partial charge in [0.25, 0.3) is 0 Å². The number of carbonyl (C=O) groups excluding carboxylic acids is 3. The van der Waals surface area contributed by atoms with Gasteiger partial charge in [-0.3, -0.25) is 14.4 Å². The van der Waals surface area contributed by atoms with Gasteiger partial charge in [0.1, 0.15) is 11.5 Å². The minimum Gasteiger partial charge on any atom is -0.454 e. The molecule has 42 heavy (non-hydrogen) atoms. The van der Waals surface area contributed by atoms with Crippen LogP contribution >= 0.6 is 0 Å². The minimum atomic E-state index is -1.36. The Labute approximate surface area is 242 Å². The van der Waals surface area contributed by atoms with Crippen LogP contribution in [-0.2, 0) is 10.2 Å². The summed E-state index contributed by atoms with van der Waals surface area (Å²) in [7, 11) is 0. The number of rotatable bonds is 4. The molecule has 0 aliphatic carbocycles. The number of hydrogen-bond donors (Lipinski definition) is 1. The van der Waals surface area contributed by atoms with Crippen molar-refractivity contribution in [2.45, 2.75) is 24.4 Å². The van der Waals surface area contributed by atoms with Crippen molar-refractivity contribution in [3.8, 4) is 11.5 Å². The summed E-state index contributed by atoms with van der Waals surface area (Å²) in [6.07, 6.45) is 3.83. The van der Waals surface area contributed by atoms with Gasteiger partial charge in [0, 0.05) is 23.0 Å². The fraction of sp³-hybridized carbons (Fsp3) is 0.171. The van der Waals surface area contributed by atoms with E-state index in [9.17, 15) is 14.4 Å². The van der Waals surface area contributed by atoms with E-state index < -0.39 is 23.4 Å². The predicted octanol–water partition coefficient (Wildman–Crippen LogP) is 5.71. The second-order valence-corrected chi connectivity index (χ2v) is 11.2. The van der Waals surface area contributed by atoms with E-state index in [1.807, 2.05) is 84.8 Å². The van der Waals surface area contributed by atoms with Crippen LogP contribution in [0.3, 0.4) is 0 Å². The second kappa shape index (κ2) is 8.91. The van der Waals surface area contributed by atoms with E-state index in [-0.39, 0.29) is 24.3 Å². The Hall–Kier alpha value is -5.17. The molecule has 1 N–H and O–H groups in total. The van der Waals surface area contributed by atoms with Crippen LogP contribution in [0.15, 0.2) is 97.2 Å². The third-order valence-corrected chi connectivity index (χ3v) is 9.11. The molecule has 7 heteroatoms. The summed E-state index contributed by atoms with van der Waals surface area (Å²) in [6.45, 7) is 2.04. The number of fused-ring (bicyclic) bond motifs is 7. The van der Waals surface area contributed by atoms with Gasteiger partial charge in [0.2, 0.25) is 12.7 Å². The average Bonchev–Trinajstić information content (AvgIpc) is 3.70. The van der Waals surface area contributed by atoms with Crippen LogP contribution in [-0.4, -0.2) is 35.2 Å². The molecular weight excluding hydrogens is 528 g/mol. The van der Waals surface area contributed by atoms with Gasteiger partial charge in [0.05, 0.1) is 12.0 Å². The lowest BCUT2D eigenvalue weighted by atomic mass is 9.62. The maximum absolute atomic E-state index is 14.8. The van der Waals surface area contributed by atoms with E-state index in [2.05, 4.69) is 5.32 Å². The Morgan fingerprint density at radius 2 is 1.60 bits per heavy atom. The number of anilines is 1. The average molecular weight is 555 g/mol. The van der Waals surface area contributed by atoms with E-state index in [4.69, 9.17) is 9.47 Å². The zero-order valence-corrected chi connectivity index (χ0v) is 22.7. The Balaban J connectivity index is 1.40. The molecule has 4 aliphatic heterocycles. The van der Waals surface area contributed by atoms with Crippen molar-refractivity contribution in [1.82, 2.24) is 4.90 Å². The third kappa shape index (κ3) is 3.25. The van der Waals surface area contributed by atoms with Gasteiger partial charge in [-0.15, -0.1) is 0 Å². The molecular formula is C35H26N2O5. The highest BCUT2D eigenvalue weighted by atomic mass is 16.7. The van der Waals surface area contributed by atoms with Crippen LogP contribution in [0.25, 0.3) is 6.08 Å². The van der Waals surface area contributed by atoms with Crippen LogP contribution < -0.4 is 14.8 Å². The second-order valence-electron chi connectivity index (χ2n) is 11.2. The molecule has 0 bridgehead atoms. The Morgan fingerprint density at radius 3 is 2.45 bits per heavy atom. The van der Waals surface area contributed by atoms with Crippen LogP contribution in [0.1, 0.15) is 49.0 Å². The van der Waals surface area contributed by atoms with Gasteiger partial charge >= 0.3 is 0 Å². The predicted molar refractivity (Wildman–Crippen MR) is 156 cm³/mol. The topological polar surface area (TPSA) is 84.9 Å². The van der Waals surface area contributed by atoms with Gasteiger partial charge in [-0.2, -0.15) is 0 Å². The molecule has 1 spiro atoms. The van der Waals surface area contributed by atoms with Crippen LogP contribution in [0, 0.1) is 12.8 Å². The summed E-state index contributed by atoms with van der Waals surface area (Å²) >= 11 is 0. The molecule has 7 nitrogen and oxygen atoms in total. The molecule has 4 aromatic rings. The summed E-state index contributed by atoms with van der Waals surface area (Å²) in [5.74, 6) is -0.772. The highest BCUT2D eigenvalue weighted by molar-refractivity contribution is 6.16. The van der Waals surface area contributed by atoms with E-state index >= 15 is 0 Å². The first kappa shape index (κ1) is 24.6. The van der Waals surface area contributed by atoms with Crippen LogP contribution in [0.5, 0.6) is 11.5 Å². The molecule has 1 fully saturated rings. The molecule has 1 saturated heterocycles. The molecule has 206 valence electrons. The van der Waals surface area contributed by atoms with Crippen molar-refractivity contribution in [2.75, 3.05) is 12.1 Å². The lowest BCUT2D eigenvalue weighted by Gasteiger charge is -2.38. The number of amides is 1. The van der Waals surface area contributed by atoms with E-state index in [0.717, 1.165) is 22.3 Å². The zero-order chi connectivity index (χ0) is 28.6. The number of ketones is 2. The first-order valence-electron chi connectivity index (χ1n) is 14.0. The standard InChI is InChI=1S/C35H26N2O5/c1-20-10-12-22(13-11-20)31(38)29-30(32(39)23-14-15-27-28(18-23)42-19-41-27)37-17-16-21-6-2-3-7-24(21)33(37)35(29)25-8-4-5-9-26(25)36-34(35)40/h2-18,29-30,33H,19H2,1H3,(H,36,40)/t29-,30-,33+,35+/m0/s1. The summed E-state index contributed by atoms with van der Waals surface area (Å²) in [6, 6.07) is 26.3. The molecule has 4 atom stereocenters. The highest BCUT2D eigenvalue weighted by Gasteiger charge is 2.70. The molecule has 0 radical (unpaired) electrons. The summed E-state index contributed by atoms with van der Waals surface area (Å²) in [5.41, 5.74) is 3.73. The molecule has 1 amide bonds. The number of hydrogen-bond acceptors (Lipinski definition) is 6. The van der Waals surface area contributed by atoms with Crippen molar-refractivity contribution in [3.05, 3.63) is 131 Å². The molecule has 0 saturated carbocycles. The smallest absolute Gasteiger partial charge is 0.238 e. The largest absolute Gasteiger partial charge is 0.454 e. The number of carbonyl (C=O) groups is 3. The van der Waals surface area contributed by atoms with Crippen molar-refractivity contribution >= 4 is 29.2 Å². The van der Waals surface area contributed by atoms with Gasteiger partial charge in [-0.1, -0.05) is 72.3 Å². The van der Waals surface area contributed by atoms with E-state index in [1.165, 1.54) is 0 Å². The number of Topliss-reactive ketones (excluding diaryl/α,β-unsaturated/α-hetero) is 2. The molecule has 0 aromatic heterocycles. The molecule has 4 aliphatic rings. The number of ether oxygens (including phenoxy) is 2. The summed E-state index contributed by atoms with van der Waals surface area (Å²) in [5, 5.41) is 3.08. The first-order valence-corrected chi connectivity index (χ1v) is 14.0. The number of benzene rings is 4. The normalized spacial score (nSPS) is 24.3. The Morgan fingerprint density at radius 1 is 0.857 bits per heavy atom. The van der Waals surface area contributed by atoms with Gasteiger partial charge in [-0.05, 0) is 54.0 Å². The lowest BCUT2D eigenvalue weighted by Crippen LogP contribution is -2.49. The zero-order valence-electron chi connectivity index (χ0n) is 22.7. The number of nitrogens with zero attached hydrogens (tertiary/aromatic N) is 1. The molecule has 8 rings (SSSR count). The lowest BCUT2D eigenvalue weighted by molar-refractivity contribution is -0.122. The molecule has 4 heterocycles. The fourth-order valence-electron chi connectivity index (χ4n) is 7.29. The summed E-state index contributed by atoms with van der Waals surface area (Å²) < 4.78 is 11.1. The van der Waals surface area contributed by atoms with Crippen LogP contribution in [0.4, 0.5) is 5.69 Å². The first-order chi connectivity index (χ1) is 20.5. The van der Waals surface area contributed by atoms with Gasteiger partial charge in [0.15, 0.2) is 23.1 Å².